The number of aliphatic imine (C=N–C) groups is 1. The smallest absolute Gasteiger partial charge is 0.258 e. The maximum Gasteiger partial charge on any atom is 0.298 e. The zero-order valence-electron chi connectivity index (χ0n) is 6.23. The summed E-state index contributed by atoms with van der Waals surface area (Å²) in [6.45, 7) is 0. The summed E-state index contributed by atoms with van der Waals surface area (Å²) in [6, 6.07) is 3.02. The van der Waals surface area contributed by atoms with Crippen LogP contribution in [0.1, 0.15) is 0 Å². The van der Waals surface area contributed by atoms with Crippen LogP contribution in [0.2, 0.25) is 0 Å². The summed E-state index contributed by atoms with van der Waals surface area (Å²) in [5.74, 6) is -0.685. The molecule has 0 aliphatic carbocycles. The van der Waals surface area contributed by atoms with Crippen LogP contribution in [-0.2, 0) is 0 Å². The molecule has 1 aromatic rings. The van der Waals surface area contributed by atoms with Gasteiger partial charge in [0.1, 0.15) is 5.82 Å². The van der Waals surface area contributed by atoms with Gasteiger partial charge in [-0.15, -0.1) is 0 Å². The highest BCUT2D eigenvalue weighted by atomic mass is 32.1. The largest absolute Gasteiger partial charge is 0.298 e. The molecule has 0 aliphatic rings. The lowest BCUT2D eigenvalue weighted by molar-refractivity contribution is -0.384. The van der Waals surface area contributed by atoms with E-state index in [4.69, 9.17) is 0 Å². The van der Waals surface area contributed by atoms with Gasteiger partial charge in [-0.2, -0.15) is 4.99 Å². The normalized spacial score (nSPS) is 9.00. The fraction of sp³-hybridized carbons (Fsp3) is 0. The van der Waals surface area contributed by atoms with Gasteiger partial charge in [0, 0.05) is 0 Å². The number of hydrogen-bond acceptors (Lipinski definition) is 4. The standard InChI is InChI=1S/C7H3FN2O2S/c8-5-1-2-6(9-4-13)7(3-5)10(11)12/h1-3H. The number of halogens is 1. The van der Waals surface area contributed by atoms with Gasteiger partial charge in [-0.3, -0.25) is 10.1 Å². The quantitative estimate of drug-likeness (QED) is 0.317. The monoisotopic (exact) mass is 198 g/mol. The molecule has 66 valence electrons. The first-order chi connectivity index (χ1) is 6.15. The van der Waals surface area contributed by atoms with Crippen LogP contribution in [0.4, 0.5) is 15.8 Å². The van der Waals surface area contributed by atoms with E-state index in [1.807, 2.05) is 5.16 Å². The van der Waals surface area contributed by atoms with Crippen LogP contribution in [0, 0.1) is 15.9 Å². The Hall–Kier alpha value is -1.65. The summed E-state index contributed by atoms with van der Waals surface area (Å²) in [7, 11) is 0. The Labute approximate surface area is 77.9 Å². The summed E-state index contributed by atoms with van der Waals surface area (Å²) in [5.41, 5.74) is -0.418. The number of nitro benzene ring substituents is 1. The molecule has 1 rings (SSSR count). The highest BCUT2D eigenvalue weighted by molar-refractivity contribution is 7.78. The zero-order chi connectivity index (χ0) is 9.84. The topological polar surface area (TPSA) is 55.5 Å². The molecule has 4 nitrogen and oxygen atoms in total. The van der Waals surface area contributed by atoms with Crippen LogP contribution in [0.15, 0.2) is 23.2 Å². The Balaban J connectivity index is 3.34. The van der Waals surface area contributed by atoms with Crippen LogP contribution in [0.5, 0.6) is 0 Å². The Bertz CT molecular complexity index is 401. The molecule has 13 heavy (non-hydrogen) atoms. The molecule has 1 aromatic carbocycles. The molecule has 0 aromatic heterocycles. The van der Waals surface area contributed by atoms with E-state index in [1.165, 1.54) is 6.07 Å². The first-order valence-corrected chi connectivity index (χ1v) is 3.58. The van der Waals surface area contributed by atoms with Gasteiger partial charge < -0.3 is 0 Å². The minimum atomic E-state index is -0.728. The Kier molecular flexibility index (Phi) is 2.79. The Morgan fingerprint density at radius 1 is 1.62 bits per heavy atom. The average Bonchev–Trinajstić information content (AvgIpc) is 2.08. The van der Waals surface area contributed by atoms with Crippen molar-refractivity contribution in [1.29, 1.82) is 0 Å². The van der Waals surface area contributed by atoms with Gasteiger partial charge in [0.2, 0.25) is 0 Å². The molecule has 0 N–H and O–H groups in total. The van der Waals surface area contributed by atoms with Crippen molar-refractivity contribution in [3.8, 4) is 0 Å². The summed E-state index contributed by atoms with van der Waals surface area (Å²) in [6.07, 6.45) is 0. The number of nitro groups is 1. The van der Waals surface area contributed by atoms with E-state index < -0.39 is 16.4 Å². The lowest BCUT2D eigenvalue weighted by Crippen LogP contribution is -1.89. The highest BCUT2D eigenvalue weighted by Gasteiger charge is 2.13. The molecular formula is C7H3FN2O2S. The van der Waals surface area contributed by atoms with E-state index in [0.717, 1.165) is 12.1 Å². The number of hydrogen-bond donors (Lipinski definition) is 0. The van der Waals surface area contributed by atoms with Crippen molar-refractivity contribution in [1.82, 2.24) is 0 Å². The number of benzene rings is 1. The third-order valence-electron chi connectivity index (χ3n) is 1.30. The average molecular weight is 198 g/mol. The number of nitrogens with zero attached hydrogens (tertiary/aromatic N) is 2. The minimum absolute atomic E-state index is 0.00130. The summed E-state index contributed by atoms with van der Waals surface area (Å²) < 4.78 is 12.6. The highest BCUT2D eigenvalue weighted by Crippen LogP contribution is 2.26. The molecule has 0 spiro atoms. The molecule has 0 unspecified atom stereocenters. The molecule has 6 heteroatoms. The van der Waals surface area contributed by atoms with Gasteiger partial charge >= 0.3 is 0 Å². The predicted octanol–water partition coefficient (Wildman–Crippen LogP) is 2.47. The number of rotatable bonds is 2. The molecule has 0 heterocycles. The van der Waals surface area contributed by atoms with Crippen molar-refractivity contribution in [3.63, 3.8) is 0 Å². The van der Waals surface area contributed by atoms with Crippen LogP contribution in [-0.4, -0.2) is 10.1 Å². The van der Waals surface area contributed by atoms with Crippen molar-refractivity contribution in [2.45, 2.75) is 0 Å². The second-order valence-corrected chi connectivity index (χ2v) is 2.28. The molecule has 0 saturated carbocycles. The van der Waals surface area contributed by atoms with Crippen molar-refractivity contribution >= 4 is 28.8 Å². The van der Waals surface area contributed by atoms with Crippen LogP contribution in [0.25, 0.3) is 0 Å². The van der Waals surface area contributed by atoms with E-state index in [-0.39, 0.29) is 5.69 Å². The van der Waals surface area contributed by atoms with E-state index in [1.54, 1.807) is 0 Å². The SMILES string of the molecule is O=[N+]([O-])c1cc(F)ccc1N=C=S. The number of thiocarbonyl (C=S) groups is 1. The maximum atomic E-state index is 12.6. The molecule has 0 atom stereocenters. The van der Waals surface area contributed by atoms with Gasteiger partial charge in [-0.25, -0.2) is 4.39 Å². The fourth-order valence-corrected chi connectivity index (χ4v) is 0.885. The molecule has 0 radical (unpaired) electrons. The van der Waals surface area contributed by atoms with Crippen molar-refractivity contribution in [3.05, 3.63) is 34.1 Å². The third kappa shape index (κ3) is 2.14. The summed E-state index contributed by atoms with van der Waals surface area (Å²) >= 11 is 4.28. The lowest BCUT2D eigenvalue weighted by Gasteiger charge is -1.94. The maximum absolute atomic E-state index is 12.6. The second-order valence-electron chi connectivity index (χ2n) is 2.09. The van der Waals surface area contributed by atoms with Crippen molar-refractivity contribution < 1.29 is 9.31 Å². The molecule has 0 saturated heterocycles. The first kappa shape index (κ1) is 9.44. The van der Waals surface area contributed by atoms with Gasteiger partial charge in [-0.1, -0.05) is 0 Å². The molecule has 0 amide bonds. The van der Waals surface area contributed by atoms with E-state index >= 15 is 0 Å². The third-order valence-corrected chi connectivity index (χ3v) is 1.39. The molecule has 0 aliphatic heterocycles. The van der Waals surface area contributed by atoms with E-state index in [2.05, 4.69) is 17.2 Å². The van der Waals surface area contributed by atoms with Crippen molar-refractivity contribution in [2.75, 3.05) is 0 Å². The molecule has 0 bridgehead atoms. The second kappa shape index (κ2) is 3.84. The van der Waals surface area contributed by atoms with Gasteiger partial charge in [0.25, 0.3) is 5.69 Å². The van der Waals surface area contributed by atoms with E-state index in [9.17, 15) is 14.5 Å². The zero-order valence-corrected chi connectivity index (χ0v) is 7.05. The van der Waals surface area contributed by atoms with Gasteiger partial charge in [0.15, 0.2) is 5.69 Å². The van der Waals surface area contributed by atoms with Crippen LogP contribution >= 0.6 is 12.2 Å². The minimum Gasteiger partial charge on any atom is -0.258 e. The molecular weight excluding hydrogens is 195 g/mol. The Morgan fingerprint density at radius 3 is 2.85 bits per heavy atom. The summed E-state index contributed by atoms with van der Waals surface area (Å²) in [4.78, 5) is 13.1. The Morgan fingerprint density at radius 2 is 2.31 bits per heavy atom. The fourth-order valence-electron chi connectivity index (χ4n) is 0.787. The van der Waals surface area contributed by atoms with Crippen molar-refractivity contribution in [2.24, 2.45) is 4.99 Å². The van der Waals surface area contributed by atoms with Gasteiger partial charge in [0.05, 0.1) is 16.2 Å². The van der Waals surface area contributed by atoms with E-state index in [0.29, 0.717) is 0 Å². The summed E-state index contributed by atoms with van der Waals surface area (Å²) in [5, 5.41) is 12.3. The van der Waals surface area contributed by atoms with Crippen LogP contribution < -0.4 is 0 Å². The number of isothiocyanates is 1. The molecule has 0 fully saturated rings. The first-order valence-electron chi connectivity index (χ1n) is 3.17. The lowest BCUT2D eigenvalue weighted by atomic mass is 10.2. The van der Waals surface area contributed by atoms with Gasteiger partial charge in [-0.05, 0) is 24.4 Å². The van der Waals surface area contributed by atoms with Crippen LogP contribution in [0.3, 0.4) is 0 Å². The predicted molar refractivity (Wildman–Crippen MR) is 47.7 cm³/mol.